The summed E-state index contributed by atoms with van der Waals surface area (Å²) >= 11 is 0. The first-order chi connectivity index (χ1) is 11.6. The summed E-state index contributed by atoms with van der Waals surface area (Å²) in [7, 11) is 0. The van der Waals surface area contributed by atoms with E-state index in [-0.39, 0.29) is 11.8 Å². The van der Waals surface area contributed by atoms with Gasteiger partial charge in [0.2, 0.25) is 0 Å². The van der Waals surface area contributed by atoms with Crippen LogP contribution in [-0.2, 0) is 5.54 Å². The maximum atomic E-state index is 13.5. The second kappa shape index (κ2) is 5.71. The van der Waals surface area contributed by atoms with E-state index in [9.17, 15) is 39.5 Å². The van der Waals surface area contributed by atoms with Crippen molar-refractivity contribution in [3.63, 3.8) is 0 Å². The van der Waals surface area contributed by atoms with E-state index in [2.05, 4.69) is 0 Å². The highest BCUT2D eigenvalue weighted by molar-refractivity contribution is 5.97. The second-order valence-electron chi connectivity index (χ2n) is 5.27. The van der Waals surface area contributed by atoms with Crippen LogP contribution in [0.2, 0.25) is 0 Å². The molecule has 1 heterocycles. The summed E-state index contributed by atoms with van der Waals surface area (Å²) in [6, 6.07) is 1.98. The number of hydrogen-bond acceptors (Lipinski definition) is 4. The zero-order valence-electron chi connectivity index (χ0n) is 12.3. The zero-order chi connectivity index (χ0) is 20.1. The summed E-state index contributed by atoms with van der Waals surface area (Å²) in [6.45, 7) is 0. The first-order valence-electron chi connectivity index (χ1n) is 6.55. The van der Waals surface area contributed by atoms with Crippen molar-refractivity contribution < 1.29 is 39.5 Å². The normalized spacial score (nSPS) is 18.7. The molecular weight excluding hydrogens is 383 g/mol. The van der Waals surface area contributed by atoms with Gasteiger partial charge in [0.1, 0.15) is 11.5 Å². The number of allylic oxidation sites excluding steroid dienone is 1. The molecule has 0 saturated heterocycles. The van der Waals surface area contributed by atoms with Crippen LogP contribution in [-0.4, -0.2) is 24.2 Å². The number of anilines is 2. The van der Waals surface area contributed by atoms with Gasteiger partial charge in [0.15, 0.2) is 0 Å². The van der Waals surface area contributed by atoms with Crippen molar-refractivity contribution >= 4 is 17.1 Å². The number of benzene rings is 1. The first kappa shape index (κ1) is 19.7. The lowest BCUT2D eigenvalue weighted by atomic mass is 9.84. The molecule has 0 spiro atoms. The Hall–Kier alpha value is -2.60. The molecule has 1 aliphatic rings. The average molecular weight is 392 g/mol. The Labute approximate surface area is 139 Å². The standard InChI is InChI=1S/C13H9F9N4/c14-11(15,16)8(24)4-9-25-7-3-5(23)1-2-6(7)10(26-9,12(17,18)19)13(20,21)22/h1-4,24-26H,23H2/b9-4+,24-8?. The van der Waals surface area contributed by atoms with Crippen molar-refractivity contribution in [1.82, 2.24) is 5.32 Å². The lowest BCUT2D eigenvalue weighted by Gasteiger charge is -2.43. The first-order valence-corrected chi connectivity index (χ1v) is 6.55. The summed E-state index contributed by atoms with van der Waals surface area (Å²) in [5, 5.41) is 9.79. The Balaban J connectivity index is 2.76. The molecule has 5 N–H and O–H groups in total. The van der Waals surface area contributed by atoms with Gasteiger partial charge in [0, 0.05) is 23.0 Å². The van der Waals surface area contributed by atoms with Crippen LogP contribution in [0.5, 0.6) is 0 Å². The Kier molecular flexibility index (Phi) is 4.33. The summed E-state index contributed by atoms with van der Waals surface area (Å²) < 4.78 is 118. The average Bonchev–Trinajstić information content (AvgIpc) is 2.42. The number of nitrogen functional groups attached to an aromatic ring is 1. The van der Waals surface area contributed by atoms with Crippen molar-refractivity contribution in [2.75, 3.05) is 11.1 Å². The minimum absolute atomic E-state index is 0.210. The topological polar surface area (TPSA) is 73.9 Å². The lowest BCUT2D eigenvalue weighted by Crippen LogP contribution is -2.65. The molecule has 13 heteroatoms. The summed E-state index contributed by atoms with van der Waals surface area (Å²) in [4.78, 5) is 0. The van der Waals surface area contributed by atoms with Crippen molar-refractivity contribution in [1.29, 1.82) is 5.41 Å². The molecule has 0 amide bonds. The van der Waals surface area contributed by atoms with Crippen LogP contribution < -0.4 is 16.4 Å². The van der Waals surface area contributed by atoms with Gasteiger partial charge in [-0.05, 0) is 12.1 Å². The van der Waals surface area contributed by atoms with Crippen LogP contribution in [0, 0.1) is 5.41 Å². The van der Waals surface area contributed by atoms with Crippen LogP contribution in [0.3, 0.4) is 0 Å². The number of nitrogens with two attached hydrogens (primary N) is 1. The third-order valence-electron chi connectivity index (χ3n) is 3.48. The fourth-order valence-electron chi connectivity index (χ4n) is 2.34. The number of fused-ring (bicyclic) bond motifs is 1. The molecule has 0 aliphatic carbocycles. The highest BCUT2D eigenvalue weighted by Crippen LogP contribution is 2.54. The molecule has 0 aromatic heterocycles. The van der Waals surface area contributed by atoms with Crippen LogP contribution in [0.25, 0.3) is 0 Å². The molecule has 26 heavy (non-hydrogen) atoms. The SMILES string of the molecule is N=C(/C=C1\Nc2cc(N)ccc2C(C(F)(F)F)(C(F)(F)F)N1)C(F)(F)F. The Morgan fingerprint density at radius 1 is 1.00 bits per heavy atom. The van der Waals surface area contributed by atoms with Crippen LogP contribution in [0.15, 0.2) is 30.1 Å². The Bertz CT molecular complexity index is 744. The fourth-order valence-corrected chi connectivity index (χ4v) is 2.34. The van der Waals surface area contributed by atoms with E-state index in [1.54, 1.807) is 0 Å². The molecule has 1 aromatic carbocycles. The van der Waals surface area contributed by atoms with Crippen molar-refractivity contribution in [3.05, 3.63) is 35.7 Å². The minimum Gasteiger partial charge on any atom is -0.399 e. The van der Waals surface area contributed by atoms with E-state index in [1.807, 2.05) is 5.32 Å². The zero-order valence-corrected chi connectivity index (χ0v) is 12.3. The van der Waals surface area contributed by atoms with Gasteiger partial charge >= 0.3 is 18.5 Å². The van der Waals surface area contributed by atoms with Gasteiger partial charge in [0.05, 0.1) is 0 Å². The number of nitrogens with one attached hydrogen (secondary N) is 3. The molecule has 144 valence electrons. The number of halogens is 9. The largest absolute Gasteiger partial charge is 0.432 e. The van der Waals surface area contributed by atoms with Gasteiger partial charge in [-0.15, -0.1) is 0 Å². The predicted octanol–water partition coefficient (Wildman–Crippen LogP) is 4.03. The van der Waals surface area contributed by atoms with Gasteiger partial charge in [-0.2, -0.15) is 39.5 Å². The quantitative estimate of drug-likeness (QED) is 0.331. The Morgan fingerprint density at radius 2 is 1.54 bits per heavy atom. The molecule has 1 aliphatic heterocycles. The number of alkyl halides is 9. The molecule has 1 aromatic rings. The van der Waals surface area contributed by atoms with Gasteiger partial charge in [-0.3, -0.25) is 5.41 Å². The molecule has 0 radical (unpaired) electrons. The van der Waals surface area contributed by atoms with Crippen LogP contribution in [0.4, 0.5) is 50.9 Å². The smallest absolute Gasteiger partial charge is 0.399 e. The van der Waals surface area contributed by atoms with Crippen molar-refractivity contribution in [2.45, 2.75) is 24.1 Å². The molecule has 2 rings (SSSR count). The van der Waals surface area contributed by atoms with E-state index in [1.165, 1.54) is 0 Å². The monoisotopic (exact) mass is 392 g/mol. The van der Waals surface area contributed by atoms with Gasteiger partial charge in [-0.25, -0.2) is 0 Å². The van der Waals surface area contributed by atoms with Crippen molar-refractivity contribution in [2.24, 2.45) is 0 Å². The summed E-state index contributed by atoms with van der Waals surface area (Å²) in [6.07, 6.45) is -17.4. The van der Waals surface area contributed by atoms with Crippen molar-refractivity contribution in [3.8, 4) is 0 Å². The van der Waals surface area contributed by atoms with Gasteiger partial charge in [0.25, 0.3) is 5.54 Å². The minimum atomic E-state index is -5.97. The third kappa shape index (κ3) is 3.12. The van der Waals surface area contributed by atoms with Crippen LogP contribution in [0.1, 0.15) is 5.56 Å². The highest BCUT2D eigenvalue weighted by Gasteiger charge is 2.74. The maximum Gasteiger partial charge on any atom is 0.432 e. The maximum absolute atomic E-state index is 13.5. The molecule has 0 bridgehead atoms. The molecular formula is C13H9F9N4. The molecule has 0 saturated carbocycles. The summed E-state index contributed by atoms with van der Waals surface area (Å²) in [5.74, 6) is -1.31. The highest BCUT2D eigenvalue weighted by atomic mass is 19.4. The van der Waals surface area contributed by atoms with E-state index < -0.39 is 46.9 Å². The predicted molar refractivity (Wildman–Crippen MR) is 73.3 cm³/mol. The fraction of sp³-hybridized carbons (Fsp3) is 0.308. The molecule has 4 nitrogen and oxygen atoms in total. The number of hydrogen-bond donors (Lipinski definition) is 4. The van der Waals surface area contributed by atoms with E-state index in [4.69, 9.17) is 11.1 Å². The number of rotatable bonds is 1. The van der Waals surface area contributed by atoms with E-state index >= 15 is 0 Å². The summed E-state index contributed by atoms with van der Waals surface area (Å²) in [5.41, 5.74) is -3.83. The van der Waals surface area contributed by atoms with E-state index in [0.29, 0.717) is 12.1 Å². The van der Waals surface area contributed by atoms with Gasteiger partial charge in [-0.1, -0.05) is 6.07 Å². The molecule has 0 unspecified atom stereocenters. The third-order valence-corrected chi connectivity index (χ3v) is 3.48. The lowest BCUT2D eigenvalue weighted by molar-refractivity contribution is -0.312. The Morgan fingerprint density at radius 3 is 2.00 bits per heavy atom. The van der Waals surface area contributed by atoms with E-state index in [0.717, 1.165) is 11.4 Å². The van der Waals surface area contributed by atoms with Crippen LogP contribution >= 0.6 is 0 Å². The molecule has 0 fully saturated rings. The van der Waals surface area contributed by atoms with Gasteiger partial charge < -0.3 is 16.4 Å². The molecule has 0 atom stereocenters. The second-order valence-corrected chi connectivity index (χ2v) is 5.27.